The molecule has 1 heterocycles. The molecule has 2 heteroatoms. The molecule has 1 nitrogen and oxygen atoms in total. The predicted molar refractivity (Wildman–Crippen MR) is 57.5 cm³/mol. The van der Waals surface area contributed by atoms with Gasteiger partial charge < -0.3 is 4.42 Å². The number of hydrogen-bond donors (Lipinski definition) is 0. The number of halogens is 1. The standard InChI is InChI=1S/C13H13FO/c1-8-3-4-10(14)12-11(8)9(7-15-12)13(2)5-6-13/h3-4,7H,5-6H2,1-2H3. The van der Waals surface area contributed by atoms with Gasteiger partial charge in [0.05, 0.1) is 6.26 Å². The summed E-state index contributed by atoms with van der Waals surface area (Å²) in [5, 5.41) is 0.981. The Labute approximate surface area is 87.9 Å². The Kier molecular flexibility index (Phi) is 1.57. The first-order valence-corrected chi connectivity index (χ1v) is 5.29. The molecule has 0 spiro atoms. The van der Waals surface area contributed by atoms with Crippen LogP contribution in [0, 0.1) is 12.7 Å². The van der Waals surface area contributed by atoms with Crippen LogP contribution in [0.2, 0.25) is 0 Å². The Morgan fingerprint density at radius 2 is 2.07 bits per heavy atom. The number of fused-ring (bicyclic) bond motifs is 1. The van der Waals surface area contributed by atoms with E-state index in [4.69, 9.17) is 4.42 Å². The zero-order valence-electron chi connectivity index (χ0n) is 8.93. The summed E-state index contributed by atoms with van der Waals surface area (Å²) in [7, 11) is 0. The van der Waals surface area contributed by atoms with Crippen LogP contribution in [0.25, 0.3) is 11.0 Å². The van der Waals surface area contributed by atoms with Gasteiger partial charge in [-0.1, -0.05) is 13.0 Å². The molecule has 0 N–H and O–H groups in total. The van der Waals surface area contributed by atoms with Crippen molar-refractivity contribution in [3.05, 3.63) is 35.3 Å². The first kappa shape index (κ1) is 8.96. The topological polar surface area (TPSA) is 13.1 Å². The molecule has 0 bridgehead atoms. The lowest BCUT2D eigenvalue weighted by Crippen LogP contribution is -1.98. The minimum Gasteiger partial charge on any atom is -0.461 e. The van der Waals surface area contributed by atoms with Gasteiger partial charge >= 0.3 is 0 Å². The highest BCUT2D eigenvalue weighted by Crippen LogP contribution is 2.51. The number of benzene rings is 1. The average molecular weight is 204 g/mol. The van der Waals surface area contributed by atoms with Gasteiger partial charge in [0, 0.05) is 10.9 Å². The van der Waals surface area contributed by atoms with E-state index in [1.807, 2.05) is 13.0 Å². The van der Waals surface area contributed by atoms with E-state index in [0.717, 1.165) is 10.9 Å². The third-order valence-electron chi connectivity index (χ3n) is 3.53. The monoisotopic (exact) mass is 204 g/mol. The van der Waals surface area contributed by atoms with Gasteiger partial charge in [-0.25, -0.2) is 4.39 Å². The molecule has 0 radical (unpaired) electrons. The van der Waals surface area contributed by atoms with Crippen molar-refractivity contribution in [3.63, 3.8) is 0 Å². The fourth-order valence-electron chi connectivity index (χ4n) is 2.18. The zero-order valence-corrected chi connectivity index (χ0v) is 8.93. The molecule has 0 aliphatic heterocycles. The van der Waals surface area contributed by atoms with Crippen LogP contribution < -0.4 is 0 Å². The second kappa shape index (κ2) is 2.63. The van der Waals surface area contributed by atoms with Crippen LogP contribution in [0.15, 0.2) is 22.8 Å². The minimum atomic E-state index is -0.258. The van der Waals surface area contributed by atoms with Gasteiger partial charge in [-0.2, -0.15) is 0 Å². The molecule has 1 aliphatic rings. The Morgan fingerprint density at radius 1 is 1.33 bits per heavy atom. The normalized spacial score (nSPS) is 18.3. The molecule has 0 atom stereocenters. The molecule has 78 valence electrons. The Hall–Kier alpha value is -1.31. The fourth-order valence-corrected chi connectivity index (χ4v) is 2.18. The summed E-state index contributed by atoms with van der Waals surface area (Å²) in [6.07, 6.45) is 4.09. The highest BCUT2D eigenvalue weighted by molar-refractivity contribution is 5.86. The van der Waals surface area contributed by atoms with E-state index >= 15 is 0 Å². The molecule has 0 saturated heterocycles. The summed E-state index contributed by atoms with van der Waals surface area (Å²) in [6.45, 7) is 4.22. The van der Waals surface area contributed by atoms with Crippen molar-refractivity contribution in [1.29, 1.82) is 0 Å². The van der Waals surface area contributed by atoms with Crippen molar-refractivity contribution in [2.45, 2.75) is 32.1 Å². The summed E-state index contributed by atoms with van der Waals surface area (Å²) >= 11 is 0. The smallest absolute Gasteiger partial charge is 0.170 e. The molecular weight excluding hydrogens is 191 g/mol. The predicted octanol–water partition coefficient (Wildman–Crippen LogP) is 3.93. The maximum absolute atomic E-state index is 13.5. The molecule has 1 fully saturated rings. The van der Waals surface area contributed by atoms with Crippen molar-refractivity contribution in [2.75, 3.05) is 0 Å². The lowest BCUT2D eigenvalue weighted by molar-refractivity contribution is 0.555. The lowest BCUT2D eigenvalue weighted by atomic mass is 9.95. The van der Waals surface area contributed by atoms with Crippen LogP contribution in [0.5, 0.6) is 0 Å². The molecule has 1 aliphatic carbocycles. The van der Waals surface area contributed by atoms with Gasteiger partial charge in [-0.3, -0.25) is 0 Å². The van der Waals surface area contributed by atoms with E-state index in [0.29, 0.717) is 5.58 Å². The molecule has 0 unspecified atom stereocenters. The number of hydrogen-bond acceptors (Lipinski definition) is 1. The van der Waals surface area contributed by atoms with Crippen molar-refractivity contribution >= 4 is 11.0 Å². The SMILES string of the molecule is Cc1ccc(F)c2occ(C3(C)CC3)c12. The van der Waals surface area contributed by atoms with Crippen molar-refractivity contribution < 1.29 is 8.81 Å². The van der Waals surface area contributed by atoms with Gasteiger partial charge in [-0.05, 0) is 36.8 Å². The Bertz CT molecular complexity index is 535. The van der Waals surface area contributed by atoms with E-state index < -0.39 is 0 Å². The second-order valence-electron chi connectivity index (χ2n) is 4.78. The first-order chi connectivity index (χ1) is 7.12. The third-order valence-corrected chi connectivity index (χ3v) is 3.53. The Morgan fingerprint density at radius 3 is 2.73 bits per heavy atom. The van der Waals surface area contributed by atoms with Gasteiger partial charge in [0.15, 0.2) is 11.4 Å². The van der Waals surface area contributed by atoms with Crippen LogP contribution in [0.4, 0.5) is 4.39 Å². The van der Waals surface area contributed by atoms with Crippen LogP contribution in [0.3, 0.4) is 0 Å². The van der Waals surface area contributed by atoms with Crippen molar-refractivity contribution in [1.82, 2.24) is 0 Å². The summed E-state index contributed by atoms with van der Waals surface area (Å²) in [6, 6.07) is 3.29. The van der Waals surface area contributed by atoms with E-state index in [1.54, 1.807) is 6.26 Å². The number of aryl methyl sites for hydroxylation is 1. The van der Waals surface area contributed by atoms with Crippen LogP contribution in [-0.4, -0.2) is 0 Å². The zero-order chi connectivity index (χ0) is 10.6. The van der Waals surface area contributed by atoms with Crippen LogP contribution in [0.1, 0.15) is 30.9 Å². The van der Waals surface area contributed by atoms with E-state index in [9.17, 15) is 4.39 Å². The third kappa shape index (κ3) is 1.14. The van der Waals surface area contributed by atoms with E-state index in [2.05, 4.69) is 6.92 Å². The van der Waals surface area contributed by atoms with Gasteiger partial charge in [0.1, 0.15) is 0 Å². The van der Waals surface area contributed by atoms with Crippen LogP contribution in [-0.2, 0) is 5.41 Å². The fraction of sp³-hybridized carbons (Fsp3) is 0.385. The average Bonchev–Trinajstić information content (AvgIpc) is 2.81. The first-order valence-electron chi connectivity index (χ1n) is 5.29. The largest absolute Gasteiger partial charge is 0.461 e. The highest BCUT2D eigenvalue weighted by atomic mass is 19.1. The van der Waals surface area contributed by atoms with Gasteiger partial charge in [-0.15, -0.1) is 0 Å². The maximum atomic E-state index is 13.5. The quantitative estimate of drug-likeness (QED) is 0.686. The molecule has 1 aromatic carbocycles. The van der Waals surface area contributed by atoms with E-state index in [-0.39, 0.29) is 11.2 Å². The van der Waals surface area contributed by atoms with Gasteiger partial charge in [0.2, 0.25) is 0 Å². The summed E-state index contributed by atoms with van der Waals surface area (Å²) in [4.78, 5) is 0. The van der Waals surface area contributed by atoms with Crippen molar-refractivity contribution in [3.8, 4) is 0 Å². The minimum absolute atomic E-state index is 0.226. The molecular formula is C13H13FO. The molecule has 1 aromatic heterocycles. The lowest BCUT2D eigenvalue weighted by Gasteiger charge is -2.06. The second-order valence-corrected chi connectivity index (χ2v) is 4.78. The highest BCUT2D eigenvalue weighted by Gasteiger charge is 2.41. The number of furan rings is 1. The summed E-state index contributed by atoms with van der Waals surface area (Å²) < 4.78 is 18.8. The molecule has 1 saturated carbocycles. The number of rotatable bonds is 1. The summed E-state index contributed by atoms with van der Waals surface area (Å²) in [5.74, 6) is -0.258. The molecule has 15 heavy (non-hydrogen) atoms. The van der Waals surface area contributed by atoms with E-state index in [1.165, 1.54) is 24.5 Å². The molecule has 2 aromatic rings. The van der Waals surface area contributed by atoms with Crippen LogP contribution >= 0.6 is 0 Å². The Balaban J connectivity index is 2.37. The maximum Gasteiger partial charge on any atom is 0.170 e. The van der Waals surface area contributed by atoms with Crippen molar-refractivity contribution in [2.24, 2.45) is 0 Å². The van der Waals surface area contributed by atoms with Gasteiger partial charge in [0.25, 0.3) is 0 Å². The summed E-state index contributed by atoms with van der Waals surface area (Å²) in [5.41, 5.74) is 2.92. The molecule has 0 amide bonds. The molecule has 3 rings (SSSR count).